The molecule has 0 radical (unpaired) electrons. The number of cyclic esters (lactones) is 1. The Balaban J connectivity index is 2.48. The van der Waals surface area contributed by atoms with Crippen LogP contribution in [0, 0.1) is 6.92 Å². The minimum absolute atomic E-state index is 0.250. The summed E-state index contributed by atoms with van der Waals surface area (Å²) in [5, 5.41) is 19.2. The molecule has 0 aromatic heterocycles. The molecule has 4 heteroatoms. The van der Waals surface area contributed by atoms with Crippen molar-refractivity contribution >= 4 is 5.97 Å². The number of benzene rings is 1. The normalized spacial score (nSPS) is 17.9. The third-order valence-electron chi connectivity index (χ3n) is 2.98. The van der Waals surface area contributed by atoms with Crippen molar-refractivity contribution in [3.63, 3.8) is 0 Å². The number of aliphatic hydroxyl groups is 2. The molecule has 0 fully saturated rings. The van der Waals surface area contributed by atoms with Crippen molar-refractivity contribution in [3.8, 4) is 0 Å². The second-order valence-corrected chi connectivity index (χ2v) is 4.07. The minimum Gasteiger partial charge on any atom is -0.457 e. The van der Waals surface area contributed by atoms with Crippen LogP contribution in [0.3, 0.4) is 0 Å². The highest BCUT2D eigenvalue weighted by Crippen LogP contribution is 2.29. The standard InChI is InChI=1S/C12H14O4/c1-6-8(11(14)7(2)13)3-4-9-10(6)5-16-12(9)15/h3-4,7,11,13-14H,5H2,1-2H3/t7-,11+/m0/s1. The van der Waals surface area contributed by atoms with Crippen LogP contribution in [0.1, 0.15) is 40.1 Å². The lowest BCUT2D eigenvalue weighted by atomic mass is 9.94. The maximum absolute atomic E-state index is 11.3. The van der Waals surface area contributed by atoms with Crippen LogP contribution in [-0.2, 0) is 11.3 Å². The molecule has 0 saturated carbocycles. The fourth-order valence-corrected chi connectivity index (χ4v) is 1.95. The van der Waals surface area contributed by atoms with Gasteiger partial charge in [-0.15, -0.1) is 0 Å². The van der Waals surface area contributed by atoms with Crippen LogP contribution in [0.15, 0.2) is 12.1 Å². The first-order valence-corrected chi connectivity index (χ1v) is 5.18. The van der Waals surface area contributed by atoms with Gasteiger partial charge in [0.1, 0.15) is 12.7 Å². The van der Waals surface area contributed by atoms with Crippen molar-refractivity contribution in [1.29, 1.82) is 0 Å². The fraction of sp³-hybridized carbons (Fsp3) is 0.417. The number of carbonyl (C=O) groups excluding carboxylic acids is 1. The van der Waals surface area contributed by atoms with Gasteiger partial charge < -0.3 is 14.9 Å². The van der Waals surface area contributed by atoms with E-state index in [1.54, 1.807) is 12.1 Å². The molecular formula is C12H14O4. The summed E-state index contributed by atoms with van der Waals surface area (Å²) in [6.07, 6.45) is -1.77. The van der Waals surface area contributed by atoms with E-state index in [2.05, 4.69) is 0 Å². The Morgan fingerprint density at radius 2 is 2.06 bits per heavy atom. The van der Waals surface area contributed by atoms with Gasteiger partial charge in [0, 0.05) is 5.56 Å². The highest BCUT2D eigenvalue weighted by Gasteiger charge is 2.26. The SMILES string of the molecule is Cc1c([C@H](O)[C@H](C)O)ccc2c1COC2=O. The Bertz CT molecular complexity index is 437. The summed E-state index contributed by atoms with van der Waals surface area (Å²) in [7, 11) is 0. The first kappa shape index (κ1) is 11.1. The van der Waals surface area contributed by atoms with Crippen LogP contribution in [0.4, 0.5) is 0 Å². The van der Waals surface area contributed by atoms with Crippen LogP contribution in [0.2, 0.25) is 0 Å². The molecule has 0 saturated heterocycles. The first-order valence-electron chi connectivity index (χ1n) is 5.18. The number of hydrogen-bond acceptors (Lipinski definition) is 4. The number of ether oxygens (including phenoxy) is 1. The molecule has 4 nitrogen and oxygen atoms in total. The lowest BCUT2D eigenvalue weighted by Gasteiger charge is -2.17. The molecule has 16 heavy (non-hydrogen) atoms. The molecule has 1 aliphatic heterocycles. The van der Waals surface area contributed by atoms with Crippen LogP contribution in [-0.4, -0.2) is 22.3 Å². The van der Waals surface area contributed by atoms with Gasteiger partial charge in [0.15, 0.2) is 0 Å². The summed E-state index contributed by atoms with van der Waals surface area (Å²) < 4.78 is 4.92. The smallest absolute Gasteiger partial charge is 0.338 e. The summed E-state index contributed by atoms with van der Waals surface area (Å²) in [5.41, 5.74) is 2.82. The van der Waals surface area contributed by atoms with E-state index in [0.717, 1.165) is 11.1 Å². The lowest BCUT2D eigenvalue weighted by Crippen LogP contribution is -2.15. The van der Waals surface area contributed by atoms with Crippen molar-refractivity contribution in [1.82, 2.24) is 0 Å². The lowest BCUT2D eigenvalue weighted by molar-refractivity contribution is 0.0300. The van der Waals surface area contributed by atoms with Crippen LogP contribution in [0.25, 0.3) is 0 Å². The van der Waals surface area contributed by atoms with Crippen LogP contribution >= 0.6 is 0 Å². The molecular weight excluding hydrogens is 208 g/mol. The predicted molar refractivity (Wildman–Crippen MR) is 56.9 cm³/mol. The Labute approximate surface area is 93.5 Å². The van der Waals surface area contributed by atoms with Gasteiger partial charge in [-0.25, -0.2) is 4.79 Å². The number of esters is 1. The molecule has 0 bridgehead atoms. The number of hydrogen-bond donors (Lipinski definition) is 2. The van der Waals surface area contributed by atoms with Gasteiger partial charge in [0.25, 0.3) is 0 Å². The van der Waals surface area contributed by atoms with Gasteiger partial charge in [-0.3, -0.25) is 0 Å². The molecule has 1 aromatic carbocycles. The zero-order valence-electron chi connectivity index (χ0n) is 9.23. The van der Waals surface area contributed by atoms with Gasteiger partial charge in [0.2, 0.25) is 0 Å². The number of aliphatic hydroxyl groups excluding tert-OH is 2. The van der Waals surface area contributed by atoms with E-state index < -0.39 is 12.2 Å². The third kappa shape index (κ3) is 1.60. The van der Waals surface area contributed by atoms with E-state index in [1.165, 1.54) is 6.92 Å². The Kier molecular flexibility index (Phi) is 2.69. The van der Waals surface area contributed by atoms with E-state index >= 15 is 0 Å². The zero-order valence-corrected chi connectivity index (χ0v) is 9.23. The average molecular weight is 222 g/mol. The Morgan fingerprint density at radius 1 is 1.38 bits per heavy atom. The minimum atomic E-state index is -0.930. The highest BCUT2D eigenvalue weighted by molar-refractivity contribution is 5.93. The second-order valence-electron chi connectivity index (χ2n) is 4.07. The van der Waals surface area contributed by atoms with Crippen LogP contribution in [0.5, 0.6) is 0 Å². The van der Waals surface area contributed by atoms with Crippen molar-refractivity contribution in [2.75, 3.05) is 0 Å². The van der Waals surface area contributed by atoms with Gasteiger partial charge in [-0.2, -0.15) is 0 Å². The van der Waals surface area contributed by atoms with Gasteiger partial charge >= 0.3 is 5.97 Å². The maximum Gasteiger partial charge on any atom is 0.338 e. The number of carbonyl (C=O) groups is 1. The molecule has 86 valence electrons. The summed E-state index contributed by atoms with van der Waals surface area (Å²) >= 11 is 0. The van der Waals surface area contributed by atoms with E-state index in [0.29, 0.717) is 11.1 Å². The topological polar surface area (TPSA) is 66.8 Å². The first-order chi connectivity index (χ1) is 7.52. The highest BCUT2D eigenvalue weighted by atomic mass is 16.5. The van der Waals surface area contributed by atoms with Crippen LogP contribution < -0.4 is 0 Å². The van der Waals surface area contributed by atoms with E-state index in [-0.39, 0.29) is 12.6 Å². The molecule has 0 amide bonds. The second kappa shape index (κ2) is 3.88. The maximum atomic E-state index is 11.3. The van der Waals surface area contributed by atoms with Crippen molar-refractivity contribution in [3.05, 3.63) is 34.4 Å². The molecule has 0 aliphatic carbocycles. The summed E-state index contributed by atoms with van der Waals surface area (Å²) in [4.78, 5) is 11.3. The molecule has 1 aliphatic rings. The van der Waals surface area contributed by atoms with E-state index in [4.69, 9.17) is 4.74 Å². The molecule has 1 aromatic rings. The van der Waals surface area contributed by atoms with Gasteiger partial charge in [-0.1, -0.05) is 6.07 Å². The van der Waals surface area contributed by atoms with Gasteiger partial charge in [-0.05, 0) is 31.0 Å². The van der Waals surface area contributed by atoms with E-state index in [1.807, 2.05) is 6.92 Å². The molecule has 0 spiro atoms. The Morgan fingerprint density at radius 3 is 2.69 bits per heavy atom. The quantitative estimate of drug-likeness (QED) is 0.735. The third-order valence-corrected chi connectivity index (χ3v) is 2.98. The number of rotatable bonds is 2. The fourth-order valence-electron chi connectivity index (χ4n) is 1.95. The van der Waals surface area contributed by atoms with Gasteiger partial charge in [0.05, 0.1) is 11.7 Å². The summed E-state index contributed by atoms with van der Waals surface area (Å²) in [6, 6.07) is 3.30. The summed E-state index contributed by atoms with van der Waals surface area (Å²) in [5.74, 6) is -0.323. The van der Waals surface area contributed by atoms with Crippen molar-refractivity contribution in [2.45, 2.75) is 32.7 Å². The molecule has 1 heterocycles. The Hall–Kier alpha value is -1.39. The average Bonchev–Trinajstić information content (AvgIpc) is 2.61. The summed E-state index contributed by atoms with van der Waals surface area (Å²) in [6.45, 7) is 3.60. The largest absolute Gasteiger partial charge is 0.457 e. The predicted octanol–water partition coefficient (Wildman–Crippen LogP) is 1.08. The molecule has 2 N–H and O–H groups in total. The van der Waals surface area contributed by atoms with Crippen molar-refractivity contribution < 1.29 is 19.7 Å². The van der Waals surface area contributed by atoms with E-state index in [9.17, 15) is 15.0 Å². The zero-order chi connectivity index (χ0) is 11.9. The molecule has 2 rings (SSSR count). The number of fused-ring (bicyclic) bond motifs is 1. The van der Waals surface area contributed by atoms with Crippen molar-refractivity contribution in [2.24, 2.45) is 0 Å². The monoisotopic (exact) mass is 222 g/mol. The molecule has 2 atom stereocenters. The molecule has 0 unspecified atom stereocenters.